The van der Waals surface area contributed by atoms with Crippen LogP contribution in [-0.2, 0) is 5.11 Å². The molecule has 2 nitrogen and oxygen atoms in total. The molecule has 81 valence electrons. The number of hydrogen-bond acceptors (Lipinski definition) is 1. The van der Waals surface area contributed by atoms with Gasteiger partial charge in [0.2, 0.25) is 0 Å². The zero-order chi connectivity index (χ0) is 11.5. The molecule has 0 saturated carbocycles. The Morgan fingerprint density at radius 1 is 1.06 bits per heavy atom. The number of halogens is 2. The van der Waals surface area contributed by atoms with Gasteiger partial charge in [-0.3, -0.25) is 5.11 Å². The summed E-state index contributed by atoms with van der Waals surface area (Å²) in [5, 5.41) is 11.4. The molecule has 0 aliphatic rings. The van der Waals surface area contributed by atoms with E-state index in [0.717, 1.165) is 4.47 Å². The molecule has 0 atom stereocenters. The highest BCUT2D eigenvalue weighted by Gasteiger charge is 2.07. The minimum absolute atomic E-state index is 0.0183. The fourth-order valence-corrected chi connectivity index (χ4v) is 1.93. The highest BCUT2D eigenvalue weighted by atomic mass is 127. The fraction of sp³-hybridized carbons (Fsp3) is 0. The van der Waals surface area contributed by atoms with Gasteiger partial charge in [-0.05, 0) is 59.0 Å². The van der Waals surface area contributed by atoms with Crippen molar-refractivity contribution < 1.29 is 9.84 Å². The molecule has 0 aliphatic heterocycles. The summed E-state index contributed by atoms with van der Waals surface area (Å²) in [7, 11) is 0. The average molecular weight is 390 g/mol. The van der Waals surface area contributed by atoms with E-state index in [1.54, 1.807) is 12.1 Å². The molecule has 16 heavy (non-hydrogen) atoms. The van der Waals surface area contributed by atoms with Gasteiger partial charge < -0.3 is 4.74 Å². The van der Waals surface area contributed by atoms with Crippen LogP contribution in [-0.4, -0.2) is 0 Å². The lowest BCUT2D eigenvalue weighted by atomic mass is 10.3. The van der Waals surface area contributed by atoms with Crippen molar-refractivity contribution in [3.8, 4) is 17.2 Å². The second-order valence-electron chi connectivity index (χ2n) is 3.12. The van der Waals surface area contributed by atoms with Gasteiger partial charge in [0.1, 0.15) is 15.1 Å². The number of ether oxygens (including phenoxy) is 1. The van der Waals surface area contributed by atoms with Gasteiger partial charge in [-0.1, -0.05) is 22.0 Å². The third-order valence-corrected chi connectivity index (χ3v) is 3.56. The SMILES string of the molecule is [O]c1cccc(Oc2ccc(Br)cc2)c1I. The first-order valence-electron chi connectivity index (χ1n) is 4.56. The molecule has 4 heteroatoms. The summed E-state index contributed by atoms with van der Waals surface area (Å²) in [6.45, 7) is 0. The van der Waals surface area contributed by atoms with Crippen LogP contribution in [0, 0.1) is 3.57 Å². The molecular formula is C12H7BrIO2. The standard InChI is InChI=1S/C12H7BrIO2/c13-8-4-6-9(7-5-8)16-11-3-1-2-10(15)12(11)14/h1-7H. The van der Waals surface area contributed by atoms with Crippen LogP contribution in [0.2, 0.25) is 0 Å². The molecule has 0 unspecified atom stereocenters. The minimum Gasteiger partial charge on any atom is -0.456 e. The Bertz CT molecular complexity index is 497. The summed E-state index contributed by atoms with van der Waals surface area (Å²) in [4.78, 5) is 0. The third-order valence-electron chi connectivity index (χ3n) is 1.97. The minimum atomic E-state index is -0.0183. The molecular weight excluding hydrogens is 383 g/mol. The van der Waals surface area contributed by atoms with Crippen molar-refractivity contribution >= 4 is 38.5 Å². The van der Waals surface area contributed by atoms with Crippen LogP contribution in [0.25, 0.3) is 0 Å². The molecule has 2 rings (SSSR count). The maximum atomic E-state index is 11.4. The van der Waals surface area contributed by atoms with Crippen molar-refractivity contribution in [3.05, 3.63) is 50.5 Å². The second-order valence-corrected chi connectivity index (χ2v) is 5.12. The first-order chi connectivity index (χ1) is 7.66. The zero-order valence-corrected chi connectivity index (χ0v) is 11.9. The lowest BCUT2D eigenvalue weighted by Gasteiger charge is -2.07. The molecule has 0 N–H and O–H groups in total. The van der Waals surface area contributed by atoms with Gasteiger partial charge in [0, 0.05) is 4.47 Å². The van der Waals surface area contributed by atoms with Crippen molar-refractivity contribution in [2.75, 3.05) is 0 Å². The molecule has 0 aliphatic carbocycles. The van der Waals surface area contributed by atoms with Crippen LogP contribution in [0.15, 0.2) is 46.9 Å². The van der Waals surface area contributed by atoms with Gasteiger partial charge in [0.15, 0.2) is 5.75 Å². The predicted molar refractivity (Wildman–Crippen MR) is 73.5 cm³/mol. The molecule has 0 heterocycles. The second kappa shape index (κ2) is 5.05. The Morgan fingerprint density at radius 3 is 2.44 bits per heavy atom. The number of rotatable bonds is 2. The Morgan fingerprint density at radius 2 is 1.75 bits per heavy atom. The highest BCUT2D eigenvalue weighted by Crippen LogP contribution is 2.32. The van der Waals surface area contributed by atoms with E-state index in [2.05, 4.69) is 15.9 Å². The van der Waals surface area contributed by atoms with Crippen molar-refractivity contribution in [1.82, 2.24) is 0 Å². The largest absolute Gasteiger partial charge is 0.456 e. The summed E-state index contributed by atoms with van der Waals surface area (Å²) in [5.74, 6) is 1.29. The van der Waals surface area contributed by atoms with Crippen molar-refractivity contribution in [2.24, 2.45) is 0 Å². The van der Waals surface area contributed by atoms with Crippen molar-refractivity contribution in [3.63, 3.8) is 0 Å². The third kappa shape index (κ3) is 2.68. The molecule has 0 amide bonds. The fourth-order valence-electron chi connectivity index (χ4n) is 1.20. The molecule has 0 fully saturated rings. The van der Waals surface area contributed by atoms with Gasteiger partial charge in [0.05, 0.1) is 0 Å². The van der Waals surface area contributed by atoms with Gasteiger partial charge in [-0.15, -0.1) is 0 Å². The van der Waals surface area contributed by atoms with E-state index in [1.165, 1.54) is 6.07 Å². The lowest BCUT2D eigenvalue weighted by molar-refractivity contribution is 0.348. The Balaban J connectivity index is 2.27. The molecule has 0 spiro atoms. The number of benzene rings is 2. The molecule has 2 aromatic rings. The Labute approximate surface area is 116 Å². The Kier molecular flexibility index (Phi) is 3.70. The topological polar surface area (TPSA) is 29.1 Å². The highest BCUT2D eigenvalue weighted by molar-refractivity contribution is 14.1. The quantitative estimate of drug-likeness (QED) is 0.665. The average Bonchev–Trinajstić information content (AvgIpc) is 2.28. The van der Waals surface area contributed by atoms with E-state index in [1.807, 2.05) is 46.9 Å². The molecule has 0 saturated heterocycles. The van der Waals surface area contributed by atoms with E-state index < -0.39 is 0 Å². The van der Waals surface area contributed by atoms with Crippen LogP contribution in [0.1, 0.15) is 0 Å². The van der Waals surface area contributed by atoms with Gasteiger partial charge in [-0.25, -0.2) is 0 Å². The maximum Gasteiger partial charge on any atom is 0.195 e. The predicted octanol–water partition coefficient (Wildman–Crippen LogP) is 4.99. The Hall–Kier alpha value is -0.750. The summed E-state index contributed by atoms with van der Waals surface area (Å²) in [6.07, 6.45) is 0. The van der Waals surface area contributed by atoms with Crippen LogP contribution in [0.4, 0.5) is 0 Å². The smallest absolute Gasteiger partial charge is 0.195 e. The van der Waals surface area contributed by atoms with E-state index in [9.17, 15) is 5.11 Å². The van der Waals surface area contributed by atoms with Crippen LogP contribution in [0.5, 0.6) is 17.2 Å². The first kappa shape index (κ1) is 11.7. The summed E-state index contributed by atoms with van der Waals surface area (Å²) < 4.78 is 7.21. The van der Waals surface area contributed by atoms with E-state index in [-0.39, 0.29) is 5.75 Å². The normalized spacial score (nSPS) is 10.1. The summed E-state index contributed by atoms with van der Waals surface area (Å²) in [6, 6.07) is 12.5. The molecule has 1 radical (unpaired) electrons. The first-order valence-corrected chi connectivity index (χ1v) is 6.43. The van der Waals surface area contributed by atoms with Crippen molar-refractivity contribution in [1.29, 1.82) is 0 Å². The zero-order valence-electron chi connectivity index (χ0n) is 8.11. The van der Waals surface area contributed by atoms with Crippen LogP contribution >= 0.6 is 38.5 Å². The van der Waals surface area contributed by atoms with Gasteiger partial charge in [0.25, 0.3) is 0 Å². The van der Waals surface area contributed by atoms with Gasteiger partial charge in [-0.2, -0.15) is 0 Å². The van der Waals surface area contributed by atoms with Crippen molar-refractivity contribution in [2.45, 2.75) is 0 Å². The monoisotopic (exact) mass is 389 g/mol. The van der Waals surface area contributed by atoms with Crippen LogP contribution in [0.3, 0.4) is 0 Å². The molecule has 2 aromatic carbocycles. The molecule has 0 aromatic heterocycles. The maximum absolute atomic E-state index is 11.4. The lowest BCUT2D eigenvalue weighted by Crippen LogP contribution is -1.86. The van der Waals surface area contributed by atoms with Gasteiger partial charge >= 0.3 is 0 Å². The van der Waals surface area contributed by atoms with E-state index in [4.69, 9.17) is 4.74 Å². The summed E-state index contributed by atoms with van der Waals surface area (Å²) in [5.41, 5.74) is 0. The number of hydrogen-bond donors (Lipinski definition) is 0. The van der Waals surface area contributed by atoms with E-state index >= 15 is 0 Å². The van der Waals surface area contributed by atoms with Crippen LogP contribution < -0.4 is 4.74 Å². The summed E-state index contributed by atoms with van der Waals surface area (Å²) >= 11 is 5.34. The van der Waals surface area contributed by atoms with E-state index in [0.29, 0.717) is 15.1 Å². The molecule has 0 bridgehead atoms.